The molecule has 0 aliphatic rings. The van der Waals surface area contributed by atoms with Crippen molar-refractivity contribution in [1.29, 1.82) is 0 Å². The van der Waals surface area contributed by atoms with Crippen molar-refractivity contribution in [1.82, 2.24) is 5.32 Å². The highest BCUT2D eigenvalue weighted by Gasteiger charge is 2.05. The number of hydrogen-bond donors (Lipinski definition) is 3. The summed E-state index contributed by atoms with van der Waals surface area (Å²) in [7, 11) is 0. The van der Waals surface area contributed by atoms with Gasteiger partial charge in [0, 0.05) is 24.2 Å². The van der Waals surface area contributed by atoms with Gasteiger partial charge in [0.05, 0.1) is 0 Å². The summed E-state index contributed by atoms with van der Waals surface area (Å²) < 4.78 is 0. The average molecular weight is 263 g/mol. The standard InChI is InChI=1S/C14H21N3O2/c1-2-10-16-14(19)11-5-7-12(8-6-11)17-13(18)4-3-9-15/h5-8H,2-4,9-10,15H2,1H3,(H,16,19)(H,17,18). The molecule has 0 spiro atoms. The Bertz CT molecular complexity index is 415. The topological polar surface area (TPSA) is 84.2 Å². The van der Waals surface area contributed by atoms with E-state index in [0.29, 0.717) is 37.2 Å². The average Bonchev–Trinajstić information content (AvgIpc) is 2.43. The number of anilines is 1. The summed E-state index contributed by atoms with van der Waals surface area (Å²) in [6.07, 6.45) is 1.99. The zero-order chi connectivity index (χ0) is 14.1. The second-order valence-electron chi connectivity index (χ2n) is 4.27. The fraction of sp³-hybridized carbons (Fsp3) is 0.429. The first-order chi connectivity index (χ1) is 9.17. The Morgan fingerprint density at radius 1 is 1.21 bits per heavy atom. The summed E-state index contributed by atoms with van der Waals surface area (Å²) >= 11 is 0. The predicted molar refractivity (Wildman–Crippen MR) is 76.0 cm³/mol. The molecule has 5 heteroatoms. The van der Waals surface area contributed by atoms with Gasteiger partial charge in [-0.3, -0.25) is 9.59 Å². The molecule has 0 bridgehead atoms. The molecule has 0 aromatic heterocycles. The summed E-state index contributed by atoms with van der Waals surface area (Å²) in [6.45, 7) is 3.17. The van der Waals surface area contributed by atoms with Crippen LogP contribution in [0.2, 0.25) is 0 Å². The van der Waals surface area contributed by atoms with E-state index in [0.717, 1.165) is 6.42 Å². The van der Waals surface area contributed by atoms with Gasteiger partial charge in [-0.1, -0.05) is 6.92 Å². The van der Waals surface area contributed by atoms with Crippen LogP contribution in [0.5, 0.6) is 0 Å². The second-order valence-corrected chi connectivity index (χ2v) is 4.27. The SMILES string of the molecule is CCCNC(=O)c1ccc(NC(=O)CCCN)cc1. The number of rotatable bonds is 7. The van der Waals surface area contributed by atoms with Gasteiger partial charge in [-0.2, -0.15) is 0 Å². The molecule has 0 unspecified atom stereocenters. The molecule has 1 aromatic rings. The van der Waals surface area contributed by atoms with Crippen molar-refractivity contribution in [2.45, 2.75) is 26.2 Å². The molecule has 0 saturated heterocycles. The van der Waals surface area contributed by atoms with Crippen LogP contribution in [0.15, 0.2) is 24.3 Å². The van der Waals surface area contributed by atoms with E-state index in [1.165, 1.54) is 0 Å². The van der Waals surface area contributed by atoms with Gasteiger partial charge >= 0.3 is 0 Å². The van der Waals surface area contributed by atoms with Crippen LogP contribution in [0.3, 0.4) is 0 Å². The maximum absolute atomic E-state index is 11.7. The van der Waals surface area contributed by atoms with Crippen LogP contribution in [-0.4, -0.2) is 24.9 Å². The molecule has 2 amide bonds. The summed E-state index contributed by atoms with van der Waals surface area (Å²) in [5, 5.41) is 5.56. The van der Waals surface area contributed by atoms with Crippen LogP contribution in [0.1, 0.15) is 36.5 Å². The molecule has 0 aliphatic carbocycles. The van der Waals surface area contributed by atoms with Gasteiger partial charge in [-0.25, -0.2) is 0 Å². The van der Waals surface area contributed by atoms with Gasteiger partial charge in [0.1, 0.15) is 0 Å². The van der Waals surface area contributed by atoms with E-state index in [2.05, 4.69) is 10.6 Å². The Hall–Kier alpha value is -1.88. The van der Waals surface area contributed by atoms with Crippen LogP contribution >= 0.6 is 0 Å². The van der Waals surface area contributed by atoms with Gasteiger partial charge in [0.25, 0.3) is 5.91 Å². The quantitative estimate of drug-likeness (QED) is 0.697. The third-order valence-corrected chi connectivity index (χ3v) is 2.57. The van der Waals surface area contributed by atoms with Crippen molar-refractivity contribution < 1.29 is 9.59 Å². The molecule has 19 heavy (non-hydrogen) atoms. The van der Waals surface area contributed by atoms with Crippen molar-refractivity contribution in [3.05, 3.63) is 29.8 Å². The molecule has 104 valence electrons. The van der Waals surface area contributed by atoms with Gasteiger partial charge < -0.3 is 16.4 Å². The smallest absolute Gasteiger partial charge is 0.251 e. The minimum absolute atomic E-state index is 0.0614. The lowest BCUT2D eigenvalue weighted by atomic mass is 10.2. The first-order valence-corrected chi connectivity index (χ1v) is 6.55. The van der Waals surface area contributed by atoms with E-state index in [9.17, 15) is 9.59 Å². The highest BCUT2D eigenvalue weighted by atomic mass is 16.2. The fourth-order valence-corrected chi connectivity index (χ4v) is 1.53. The molecular formula is C14H21N3O2. The van der Waals surface area contributed by atoms with Crippen molar-refractivity contribution in [2.24, 2.45) is 5.73 Å². The molecule has 1 aromatic carbocycles. The summed E-state index contributed by atoms with van der Waals surface area (Å²) in [4.78, 5) is 23.2. The number of carbonyl (C=O) groups excluding carboxylic acids is 2. The number of nitrogens with one attached hydrogen (secondary N) is 2. The zero-order valence-electron chi connectivity index (χ0n) is 11.2. The van der Waals surface area contributed by atoms with Crippen LogP contribution in [-0.2, 0) is 4.79 Å². The van der Waals surface area contributed by atoms with Crippen molar-refractivity contribution >= 4 is 17.5 Å². The number of benzene rings is 1. The monoisotopic (exact) mass is 263 g/mol. The molecule has 5 nitrogen and oxygen atoms in total. The first kappa shape index (κ1) is 15.2. The number of nitrogens with two attached hydrogens (primary N) is 1. The third-order valence-electron chi connectivity index (χ3n) is 2.57. The van der Waals surface area contributed by atoms with Crippen LogP contribution in [0.4, 0.5) is 5.69 Å². The van der Waals surface area contributed by atoms with Crippen LogP contribution in [0.25, 0.3) is 0 Å². The normalized spacial score (nSPS) is 10.0. The number of amides is 2. The van der Waals surface area contributed by atoms with Gasteiger partial charge in [0.15, 0.2) is 0 Å². The van der Waals surface area contributed by atoms with Gasteiger partial charge in [0.2, 0.25) is 5.91 Å². The van der Waals surface area contributed by atoms with E-state index in [-0.39, 0.29) is 11.8 Å². The lowest BCUT2D eigenvalue weighted by Gasteiger charge is -2.06. The molecule has 0 heterocycles. The number of carbonyl (C=O) groups is 2. The van der Waals surface area contributed by atoms with Gasteiger partial charge in [-0.15, -0.1) is 0 Å². The lowest BCUT2D eigenvalue weighted by Crippen LogP contribution is -2.23. The van der Waals surface area contributed by atoms with Gasteiger partial charge in [-0.05, 0) is 43.7 Å². The molecule has 4 N–H and O–H groups in total. The molecule has 0 radical (unpaired) electrons. The molecule has 0 aliphatic heterocycles. The van der Waals surface area contributed by atoms with Crippen LogP contribution < -0.4 is 16.4 Å². The predicted octanol–water partition coefficient (Wildman–Crippen LogP) is 1.50. The Morgan fingerprint density at radius 2 is 1.89 bits per heavy atom. The van der Waals surface area contributed by atoms with E-state index in [1.54, 1.807) is 24.3 Å². The summed E-state index contributed by atoms with van der Waals surface area (Å²) in [6, 6.07) is 6.84. The maximum atomic E-state index is 11.7. The second kappa shape index (κ2) is 8.26. The van der Waals surface area contributed by atoms with E-state index in [4.69, 9.17) is 5.73 Å². The van der Waals surface area contributed by atoms with Crippen LogP contribution in [0, 0.1) is 0 Å². The van der Waals surface area contributed by atoms with E-state index >= 15 is 0 Å². The Kier molecular flexibility index (Phi) is 6.60. The summed E-state index contributed by atoms with van der Waals surface area (Å²) in [5.41, 5.74) is 6.62. The molecular weight excluding hydrogens is 242 g/mol. The van der Waals surface area contributed by atoms with Crippen molar-refractivity contribution in [3.63, 3.8) is 0 Å². The molecule has 0 fully saturated rings. The largest absolute Gasteiger partial charge is 0.352 e. The minimum atomic E-state index is -0.0946. The Balaban J connectivity index is 2.51. The highest BCUT2D eigenvalue weighted by Crippen LogP contribution is 2.10. The van der Waals surface area contributed by atoms with Crippen molar-refractivity contribution in [3.8, 4) is 0 Å². The van der Waals surface area contributed by atoms with E-state index in [1.807, 2.05) is 6.92 Å². The zero-order valence-corrected chi connectivity index (χ0v) is 11.2. The summed E-state index contributed by atoms with van der Waals surface area (Å²) in [5.74, 6) is -0.156. The highest BCUT2D eigenvalue weighted by molar-refractivity contribution is 5.95. The molecule has 0 saturated carbocycles. The van der Waals surface area contributed by atoms with E-state index < -0.39 is 0 Å². The molecule has 0 atom stereocenters. The minimum Gasteiger partial charge on any atom is -0.352 e. The third kappa shape index (κ3) is 5.52. The lowest BCUT2D eigenvalue weighted by molar-refractivity contribution is -0.116. The molecule has 1 rings (SSSR count). The maximum Gasteiger partial charge on any atom is 0.251 e. The Labute approximate surface area is 113 Å². The fourth-order valence-electron chi connectivity index (χ4n) is 1.53. The number of hydrogen-bond acceptors (Lipinski definition) is 3. The van der Waals surface area contributed by atoms with Crippen molar-refractivity contribution in [2.75, 3.05) is 18.4 Å². The Morgan fingerprint density at radius 3 is 2.47 bits per heavy atom. The first-order valence-electron chi connectivity index (χ1n) is 6.55.